The number of nitriles is 1. The van der Waals surface area contributed by atoms with Crippen LogP contribution >= 0.6 is 23.2 Å². The molecule has 160 valence electrons. The standard InChI is InChI=1S/C26H32Cl2N2/c1-3-30(17-15-21-8-5-4-6-9-21)20(2)14-16-26(19-29,22-10-7-11-22)23-12-13-24(27)25(28)18-23/h4-6,8-9,12-13,18,20,22H,3,7,10-11,14-17H2,1-2H3. The highest BCUT2D eigenvalue weighted by Gasteiger charge is 2.44. The molecule has 0 spiro atoms. The van der Waals surface area contributed by atoms with Crippen molar-refractivity contribution in [3.8, 4) is 6.07 Å². The van der Waals surface area contributed by atoms with Crippen molar-refractivity contribution in [1.29, 1.82) is 5.26 Å². The van der Waals surface area contributed by atoms with E-state index in [1.165, 1.54) is 12.0 Å². The first-order valence-corrected chi connectivity index (χ1v) is 11.9. The summed E-state index contributed by atoms with van der Waals surface area (Å²) in [5, 5.41) is 11.4. The van der Waals surface area contributed by atoms with Gasteiger partial charge in [-0.2, -0.15) is 5.26 Å². The van der Waals surface area contributed by atoms with Gasteiger partial charge in [0.25, 0.3) is 0 Å². The first-order valence-electron chi connectivity index (χ1n) is 11.1. The second-order valence-corrected chi connectivity index (χ2v) is 9.41. The van der Waals surface area contributed by atoms with Crippen molar-refractivity contribution in [2.24, 2.45) is 5.92 Å². The van der Waals surface area contributed by atoms with E-state index in [0.717, 1.165) is 50.8 Å². The van der Waals surface area contributed by atoms with Crippen molar-refractivity contribution in [3.05, 3.63) is 69.7 Å². The molecule has 30 heavy (non-hydrogen) atoms. The first-order chi connectivity index (χ1) is 14.5. The van der Waals surface area contributed by atoms with Gasteiger partial charge in [-0.15, -0.1) is 0 Å². The fourth-order valence-corrected chi connectivity index (χ4v) is 5.00. The Balaban J connectivity index is 1.71. The monoisotopic (exact) mass is 442 g/mol. The molecular formula is C26H32Cl2N2. The van der Waals surface area contributed by atoms with Gasteiger partial charge in [-0.3, -0.25) is 0 Å². The van der Waals surface area contributed by atoms with Crippen LogP contribution in [-0.4, -0.2) is 24.0 Å². The molecule has 0 saturated heterocycles. The van der Waals surface area contributed by atoms with Crippen LogP contribution < -0.4 is 0 Å². The van der Waals surface area contributed by atoms with Gasteiger partial charge < -0.3 is 4.90 Å². The molecule has 2 atom stereocenters. The summed E-state index contributed by atoms with van der Waals surface area (Å²) in [4.78, 5) is 2.53. The average Bonchev–Trinajstić information content (AvgIpc) is 2.73. The van der Waals surface area contributed by atoms with Crippen molar-refractivity contribution < 1.29 is 0 Å². The molecule has 0 aliphatic heterocycles. The number of halogens is 2. The fraction of sp³-hybridized carbons (Fsp3) is 0.500. The Bertz CT molecular complexity index is 857. The van der Waals surface area contributed by atoms with Crippen LogP contribution in [0.25, 0.3) is 0 Å². The number of hydrogen-bond donors (Lipinski definition) is 0. The van der Waals surface area contributed by atoms with Crippen LogP contribution in [0.3, 0.4) is 0 Å². The summed E-state index contributed by atoms with van der Waals surface area (Å²) in [5.41, 5.74) is 1.93. The predicted molar refractivity (Wildman–Crippen MR) is 127 cm³/mol. The predicted octanol–water partition coefficient (Wildman–Crippen LogP) is 7.29. The third-order valence-electron chi connectivity index (χ3n) is 6.95. The van der Waals surface area contributed by atoms with Crippen molar-refractivity contribution in [3.63, 3.8) is 0 Å². The molecule has 0 radical (unpaired) electrons. The van der Waals surface area contributed by atoms with Crippen LogP contribution in [0.1, 0.15) is 57.1 Å². The second-order valence-electron chi connectivity index (χ2n) is 8.59. The van der Waals surface area contributed by atoms with Gasteiger partial charge >= 0.3 is 0 Å². The number of likely N-dealkylation sites (N-methyl/N-ethyl adjacent to an activating group) is 1. The van der Waals surface area contributed by atoms with Crippen LogP contribution in [0, 0.1) is 17.2 Å². The van der Waals surface area contributed by atoms with Gasteiger partial charge in [-0.1, -0.05) is 72.9 Å². The smallest absolute Gasteiger partial charge is 0.0851 e. The van der Waals surface area contributed by atoms with Gasteiger partial charge in [0, 0.05) is 12.6 Å². The van der Waals surface area contributed by atoms with Gasteiger partial charge in [0.05, 0.1) is 21.5 Å². The lowest BCUT2D eigenvalue weighted by Crippen LogP contribution is -2.41. The first kappa shape index (κ1) is 23.1. The molecule has 0 N–H and O–H groups in total. The second kappa shape index (κ2) is 10.7. The molecule has 2 aromatic carbocycles. The molecule has 0 aromatic heterocycles. The molecule has 4 heteroatoms. The highest BCUT2D eigenvalue weighted by Crippen LogP contribution is 2.48. The minimum atomic E-state index is -0.473. The van der Waals surface area contributed by atoms with E-state index >= 15 is 0 Å². The highest BCUT2D eigenvalue weighted by molar-refractivity contribution is 6.42. The lowest BCUT2D eigenvalue weighted by Gasteiger charge is -2.42. The quantitative estimate of drug-likeness (QED) is 0.386. The van der Waals surface area contributed by atoms with Crippen LogP contribution in [0.4, 0.5) is 0 Å². The van der Waals surface area contributed by atoms with Crippen molar-refractivity contribution in [2.75, 3.05) is 13.1 Å². The molecule has 0 amide bonds. The summed E-state index contributed by atoms with van der Waals surface area (Å²) in [5.74, 6) is 0.409. The lowest BCUT2D eigenvalue weighted by atomic mass is 9.60. The van der Waals surface area contributed by atoms with E-state index in [1.807, 2.05) is 18.2 Å². The summed E-state index contributed by atoms with van der Waals surface area (Å²) in [6.07, 6.45) is 6.35. The Morgan fingerprint density at radius 1 is 1.13 bits per heavy atom. The molecule has 1 aliphatic rings. The molecule has 1 aliphatic carbocycles. The van der Waals surface area contributed by atoms with Crippen molar-refractivity contribution in [1.82, 2.24) is 4.90 Å². The van der Waals surface area contributed by atoms with Gasteiger partial charge in [-0.05, 0) is 74.8 Å². The summed E-state index contributed by atoms with van der Waals surface area (Å²) in [7, 11) is 0. The van der Waals surface area contributed by atoms with Crippen LogP contribution in [0.15, 0.2) is 48.5 Å². The van der Waals surface area contributed by atoms with Crippen molar-refractivity contribution >= 4 is 23.2 Å². The number of hydrogen-bond acceptors (Lipinski definition) is 2. The normalized spacial score (nSPS) is 17.2. The van der Waals surface area contributed by atoms with E-state index < -0.39 is 5.41 Å². The Labute approximate surface area is 191 Å². The average molecular weight is 443 g/mol. The lowest BCUT2D eigenvalue weighted by molar-refractivity contribution is 0.162. The largest absolute Gasteiger partial charge is 0.301 e. The molecule has 1 saturated carbocycles. The molecule has 1 fully saturated rings. The molecular weight excluding hydrogens is 411 g/mol. The Morgan fingerprint density at radius 3 is 2.43 bits per heavy atom. The summed E-state index contributed by atoms with van der Waals surface area (Å²) >= 11 is 12.5. The van der Waals surface area contributed by atoms with Crippen LogP contribution in [0.5, 0.6) is 0 Å². The van der Waals surface area contributed by atoms with E-state index in [2.05, 4.69) is 55.1 Å². The van der Waals surface area contributed by atoms with E-state index in [1.54, 1.807) is 0 Å². The Hall–Kier alpha value is -1.53. The maximum Gasteiger partial charge on any atom is 0.0851 e. The Morgan fingerprint density at radius 2 is 1.87 bits per heavy atom. The van der Waals surface area contributed by atoms with Crippen LogP contribution in [0.2, 0.25) is 10.0 Å². The fourth-order valence-electron chi connectivity index (χ4n) is 4.70. The van der Waals surface area contributed by atoms with E-state index in [9.17, 15) is 5.26 Å². The molecule has 2 unspecified atom stereocenters. The number of benzene rings is 2. The molecule has 3 rings (SSSR count). The third-order valence-corrected chi connectivity index (χ3v) is 7.69. The SMILES string of the molecule is CCN(CCc1ccccc1)C(C)CCC(C#N)(c1ccc(Cl)c(Cl)c1)C1CCC1. The molecule has 0 bridgehead atoms. The topological polar surface area (TPSA) is 27.0 Å². The third kappa shape index (κ3) is 5.20. The summed E-state index contributed by atoms with van der Waals surface area (Å²) in [6.45, 7) is 6.58. The maximum absolute atomic E-state index is 10.3. The summed E-state index contributed by atoms with van der Waals surface area (Å²) < 4.78 is 0. The molecule has 0 heterocycles. The maximum atomic E-state index is 10.3. The Kier molecular flexibility index (Phi) is 8.23. The molecule has 2 aromatic rings. The zero-order chi connectivity index (χ0) is 21.6. The van der Waals surface area contributed by atoms with Gasteiger partial charge in [0.2, 0.25) is 0 Å². The highest BCUT2D eigenvalue weighted by atomic mass is 35.5. The minimum Gasteiger partial charge on any atom is -0.301 e. The van der Waals surface area contributed by atoms with Gasteiger partial charge in [0.15, 0.2) is 0 Å². The van der Waals surface area contributed by atoms with Crippen molar-refractivity contribution in [2.45, 2.75) is 63.8 Å². The van der Waals surface area contributed by atoms with E-state index in [4.69, 9.17) is 23.2 Å². The van der Waals surface area contributed by atoms with Gasteiger partial charge in [0.1, 0.15) is 0 Å². The van der Waals surface area contributed by atoms with E-state index in [-0.39, 0.29) is 0 Å². The summed E-state index contributed by atoms with van der Waals surface area (Å²) in [6, 6.07) is 19.6. The molecule has 2 nitrogen and oxygen atoms in total. The van der Waals surface area contributed by atoms with E-state index in [0.29, 0.717) is 22.0 Å². The zero-order valence-corrected chi connectivity index (χ0v) is 19.6. The van der Waals surface area contributed by atoms with Crippen LogP contribution in [-0.2, 0) is 11.8 Å². The number of nitrogens with zero attached hydrogens (tertiary/aromatic N) is 2. The minimum absolute atomic E-state index is 0.409. The van der Waals surface area contributed by atoms with Gasteiger partial charge in [-0.25, -0.2) is 0 Å². The number of rotatable bonds is 10. The zero-order valence-electron chi connectivity index (χ0n) is 18.1.